The van der Waals surface area contributed by atoms with Crippen LogP contribution >= 0.6 is 0 Å². The number of hydrogen-bond acceptors (Lipinski definition) is 4. The van der Waals surface area contributed by atoms with Crippen LogP contribution < -0.4 is 9.47 Å². The SMILES string of the molecule is CCCN(CCC)C(=O)c1cc(-c2ccc3c(c2)OCO3)n(C)n1. The van der Waals surface area contributed by atoms with E-state index in [1.807, 2.05) is 36.2 Å². The van der Waals surface area contributed by atoms with Gasteiger partial charge in [0.05, 0.1) is 5.69 Å². The lowest BCUT2D eigenvalue weighted by molar-refractivity contribution is 0.0749. The van der Waals surface area contributed by atoms with Crippen LogP contribution in [-0.4, -0.2) is 40.5 Å². The van der Waals surface area contributed by atoms with Gasteiger partial charge in [-0.1, -0.05) is 13.8 Å². The van der Waals surface area contributed by atoms with E-state index in [0.29, 0.717) is 5.69 Å². The number of carbonyl (C=O) groups excluding carboxylic acids is 1. The number of benzene rings is 1. The molecule has 0 spiro atoms. The molecule has 0 saturated heterocycles. The van der Waals surface area contributed by atoms with Crippen molar-refractivity contribution < 1.29 is 14.3 Å². The van der Waals surface area contributed by atoms with E-state index in [9.17, 15) is 4.79 Å². The van der Waals surface area contributed by atoms with Crippen LogP contribution in [0.3, 0.4) is 0 Å². The smallest absolute Gasteiger partial charge is 0.274 e. The lowest BCUT2D eigenvalue weighted by Crippen LogP contribution is -2.32. The Morgan fingerprint density at radius 1 is 1.17 bits per heavy atom. The van der Waals surface area contributed by atoms with Gasteiger partial charge in [0.1, 0.15) is 0 Å². The van der Waals surface area contributed by atoms with E-state index in [4.69, 9.17) is 9.47 Å². The van der Waals surface area contributed by atoms with Gasteiger partial charge in [0.15, 0.2) is 17.2 Å². The normalized spacial score (nSPS) is 12.5. The molecule has 24 heavy (non-hydrogen) atoms. The summed E-state index contributed by atoms with van der Waals surface area (Å²) in [6.07, 6.45) is 1.88. The Balaban J connectivity index is 1.88. The number of rotatable bonds is 6. The predicted octanol–water partition coefficient (Wildman–Crippen LogP) is 3.08. The molecule has 0 bridgehead atoms. The zero-order chi connectivity index (χ0) is 17.1. The molecule has 6 heteroatoms. The molecule has 1 aromatic heterocycles. The quantitative estimate of drug-likeness (QED) is 0.817. The number of nitrogens with zero attached hydrogens (tertiary/aromatic N) is 3. The Bertz CT molecular complexity index is 733. The second kappa shape index (κ2) is 6.95. The Hall–Kier alpha value is -2.50. The highest BCUT2D eigenvalue weighted by Gasteiger charge is 2.21. The fourth-order valence-corrected chi connectivity index (χ4v) is 2.91. The van der Waals surface area contributed by atoms with Crippen LogP contribution in [0.5, 0.6) is 11.5 Å². The molecule has 0 saturated carbocycles. The molecular formula is C18H23N3O3. The number of hydrogen-bond donors (Lipinski definition) is 0. The van der Waals surface area contributed by atoms with E-state index >= 15 is 0 Å². The molecule has 1 amide bonds. The van der Waals surface area contributed by atoms with Crippen molar-refractivity contribution in [3.05, 3.63) is 30.0 Å². The average molecular weight is 329 g/mol. The van der Waals surface area contributed by atoms with E-state index < -0.39 is 0 Å². The summed E-state index contributed by atoms with van der Waals surface area (Å²) in [5.41, 5.74) is 2.31. The maximum absolute atomic E-state index is 12.7. The molecular weight excluding hydrogens is 306 g/mol. The first-order valence-corrected chi connectivity index (χ1v) is 8.37. The zero-order valence-corrected chi connectivity index (χ0v) is 14.4. The molecule has 1 aromatic carbocycles. The minimum absolute atomic E-state index is 0.0127. The second-order valence-electron chi connectivity index (χ2n) is 5.90. The molecule has 3 rings (SSSR count). The van der Waals surface area contributed by atoms with Crippen LogP contribution in [0.15, 0.2) is 24.3 Å². The van der Waals surface area contributed by atoms with Gasteiger partial charge < -0.3 is 14.4 Å². The number of amides is 1. The summed E-state index contributed by atoms with van der Waals surface area (Å²) in [5.74, 6) is 1.45. The van der Waals surface area contributed by atoms with Gasteiger partial charge in [0.2, 0.25) is 6.79 Å². The summed E-state index contributed by atoms with van der Waals surface area (Å²) in [5, 5.41) is 4.42. The first-order chi connectivity index (χ1) is 11.6. The lowest BCUT2D eigenvalue weighted by Gasteiger charge is -2.20. The number of carbonyl (C=O) groups is 1. The number of ether oxygens (including phenoxy) is 2. The van der Waals surface area contributed by atoms with Crippen LogP contribution in [0.2, 0.25) is 0 Å². The van der Waals surface area contributed by atoms with Gasteiger partial charge in [-0.25, -0.2) is 0 Å². The first-order valence-electron chi connectivity index (χ1n) is 8.37. The number of fused-ring (bicyclic) bond motifs is 1. The fraction of sp³-hybridized carbons (Fsp3) is 0.444. The topological polar surface area (TPSA) is 56.6 Å². The number of aromatic nitrogens is 2. The summed E-state index contributed by atoms with van der Waals surface area (Å²) < 4.78 is 12.5. The Labute approximate surface area is 142 Å². The molecule has 2 aromatic rings. The average Bonchev–Trinajstić information content (AvgIpc) is 3.19. The van der Waals surface area contributed by atoms with E-state index in [0.717, 1.165) is 48.7 Å². The third-order valence-corrected chi connectivity index (χ3v) is 4.04. The third-order valence-electron chi connectivity index (χ3n) is 4.04. The second-order valence-corrected chi connectivity index (χ2v) is 5.90. The van der Waals surface area contributed by atoms with Crippen molar-refractivity contribution in [2.45, 2.75) is 26.7 Å². The van der Waals surface area contributed by atoms with E-state index in [1.54, 1.807) is 4.68 Å². The van der Waals surface area contributed by atoms with Gasteiger partial charge in [0.25, 0.3) is 5.91 Å². The van der Waals surface area contributed by atoms with Crippen molar-refractivity contribution in [3.63, 3.8) is 0 Å². The predicted molar refractivity (Wildman–Crippen MR) is 91.3 cm³/mol. The molecule has 1 aliphatic rings. The standard InChI is InChI=1S/C18H23N3O3/c1-4-8-21(9-5-2)18(22)14-11-15(20(3)19-14)13-6-7-16-17(10-13)24-12-23-16/h6-7,10-11H,4-5,8-9,12H2,1-3H3. The van der Waals surface area contributed by atoms with Gasteiger partial charge in [-0.3, -0.25) is 9.48 Å². The monoisotopic (exact) mass is 329 g/mol. The van der Waals surface area contributed by atoms with Gasteiger partial charge in [-0.15, -0.1) is 0 Å². The Kier molecular flexibility index (Phi) is 4.74. The summed E-state index contributed by atoms with van der Waals surface area (Å²) in [4.78, 5) is 14.6. The van der Waals surface area contributed by atoms with Crippen LogP contribution in [0.25, 0.3) is 11.3 Å². The maximum Gasteiger partial charge on any atom is 0.274 e. The summed E-state index contributed by atoms with van der Waals surface area (Å²) >= 11 is 0. The van der Waals surface area contributed by atoms with Gasteiger partial charge in [0, 0.05) is 25.7 Å². The number of aryl methyl sites for hydroxylation is 1. The van der Waals surface area contributed by atoms with Crippen molar-refractivity contribution in [2.75, 3.05) is 19.9 Å². The largest absolute Gasteiger partial charge is 0.454 e. The van der Waals surface area contributed by atoms with E-state index in [-0.39, 0.29) is 12.7 Å². The van der Waals surface area contributed by atoms with Crippen molar-refractivity contribution >= 4 is 5.91 Å². The molecule has 0 atom stereocenters. The molecule has 0 radical (unpaired) electrons. The summed E-state index contributed by atoms with van der Waals surface area (Å²) in [7, 11) is 1.85. The highest BCUT2D eigenvalue weighted by Crippen LogP contribution is 2.35. The molecule has 1 aliphatic heterocycles. The molecule has 0 unspecified atom stereocenters. The minimum Gasteiger partial charge on any atom is -0.454 e. The Morgan fingerprint density at radius 2 is 1.88 bits per heavy atom. The van der Waals surface area contributed by atoms with Gasteiger partial charge in [-0.2, -0.15) is 5.10 Å². The zero-order valence-electron chi connectivity index (χ0n) is 14.4. The molecule has 0 fully saturated rings. The molecule has 128 valence electrons. The van der Waals surface area contributed by atoms with Crippen molar-refractivity contribution in [1.82, 2.24) is 14.7 Å². The van der Waals surface area contributed by atoms with Crippen LogP contribution in [-0.2, 0) is 7.05 Å². The summed E-state index contributed by atoms with van der Waals surface area (Å²) in [6.45, 7) is 5.90. The van der Waals surface area contributed by atoms with Crippen LogP contribution in [0.1, 0.15) is 37.2 Å². The minimum atomic E-state index is -0.0127. The van der Waals surface area contributed by atoms with Gasteiger partial charge >= 0.3 is 0 Å². The maximum atomic E-state index is 12.7. The molecule has 0 N–H and O–H groups in total. The fourth-order valence-electron chi connectivity index (χ4n) is 2.91. The van der Waals surface area contributed by atoms with E-state index in [2.05, 4.69) is 18.9 Å². The molecule has 2 heterocycles. The molecule has 6 nitrogen and oxygen atoms in total. The third kappa shape index (κ3) is 3.09. The highest BCUT2D eigenvalue weighted by molar-refractivity contribution is 5.93. The van der Waals surface area contributed by atoms with Crippen LogP contribution in [0, 0.1) is 0 Å². The molecule has 0 aliphatic carbocycles. The first kappa shape index (κ1) is 16.4. The van der Waals surface area contributed by atoms with E-state index in [1.165, 1.54) is 0 Å². The highest BCUT2D eigenvalue weighted by atomic mass is 16.7. The van der Waals surface area contributed by atoms with Crippen LogP contribution in [0.4, 0.5) is 0 Å². The van der Waals surface area contributed by atoms with Gasteiger partial charge in [-0.05, 0) is 37.1 Å². The Morgan fingerprint density at radius 3 is 2.58 bits per heavy atom. The lowest BCUT2D eigenvalue weighted by atomic mass is 10.1. The van der Waals surface area contributed by atoms with Crippen molar-refractivity contribution in [2.24, 2.45) is 7.05 Å². The van der Waals surface area contributed by atoms with Crippen molar-refractivity contribution in [3.8, 4) is 22.8 Å². The summed E-state index contributed by atoms with van der Waals surface area (Å²) in [6, 6.07) is 7.60. The van der Waals surface area contributed by atoms with Crippen molar-refractivity contribution in [1.29, 1.82) is 0 Å².